The second-order valence-electron chi connectivity index (χ2n) is 7.19. The van der Waals surface area contributed by atoms with Crippen LogP contribution >= 0.6 is 0 Å². The van der Waals surface area contributed by atoms with Gasteiger partial charge in [-0.05, 0) is 47.6 Å². The zero-order chi connectivity index (χ0) is 17.0. The molecule has 1 unspecified atom stereocenters. The summed E-state index contributed by atoms with van der Waals surface area (Å²) in [5.74, 6) is 0. The monoisotopic (exact) mass is 320 g/mol. The Hall–Kier alpha value is -1.69. The Labute approximate surface area is 138 Å². The van der Waals surface area contributed by atoms with Crippen molar-refractivity contribution in [1.82, 2.24) is 19.8 Å². The van der Waals surface area contributed by atoms with E-state index in [-0.39, 0.29) is 12.1 Å². The molecular formula is C17H28N4O2. The third-order valence-electron chi connectivity index (χ3n) is 4.25. The standard InChI is InChI=1S/C17H28N4O2/c1-13(15-11-18-8-9-19-15)20(5)14-7-6-10-21(12-14)16(22)23-17(2,3)4/h8-9,11,13-14H,6-7,10,12H2,1-5H3/t13?,14-/m0/s1. The summed E-state index contributed by atoms with van der Waals surface area (Å²) < 4.78 is 5.50. The van der Waals surface area contributed by atoms with E-state index in [4.69, 9.17) is 4.74 Å². The number of likely N-dealkylation sites (tertiary alicyclic amines) is 1. The third kappa shape index (κ3) is 4.89. The van der Waals surface area contributed by atoms with Crippen molar-refractivity contribution in [3.05, 3.63) is 24.3 Å². The average Bonchev–Trinajstić information content (AvgIpc) is 2.53. The summed E-state index contributed by atoms with van der Waals surface area (Å²) in [6.45, 7) is 9.27. The zero-order valence-electron chi connectivity index (χ0n) is 14.8. The van der Waals surface area contributed by atoms with Crippen molar-refractivity contribution in [3.8, 4) is 0 Å². The van der Waals surface area contributed by atoms with Gasteiger partial charge in [-0.15, -0.1) is 0 Å². The minimum Gasteiger partial charge on any atom is -0.444 e. The van der Waals surface area contributed by atoms with E-state index in [1.807, 2.05) is 25.7 Å². The quantitative estimate of drug-likeness (QED) is 0.857. The van der Waals surface area contributed by atoms with Crippen LogP contribution in [0.15, 0.2) is 18.6 Å². The van der Waals surface area contributed by atoms with Gasteiger partial charge in [-0.3, -0.25) is 14.9 Å². The summed E-state index contributed by atoms with van der Waals surface area (Å²) in [4.78, 5) is 24.9. The molecule has 0 saturated carbocycles. The van der Waals surface area contributed by atoms with Gasteiger partial charge >= 0.3 is 6.09 Å². The molecule has 23 heavy (non-hydrogen) atoms. The lowest BCUT2D eigenvalue weighted by atomic mass is 10.0. The smallest absolute Gasteiger partial charge is 0.410 e. The minimum atomic E-state index is -0.456. The number of hydrogen-bond donors (Lipinski definition) is 0. The van der Waals surface area contributed by atoms with Gasteiger partial charge in [0.15, 0.2) is 0 Å². The predicted molar refractivity (Wildman–Crippen MR) is 89.0 cm³/mol. The van der Waals surface area contributed by atoms with Crippen LogP contribution in [0.5, 0.6) is 0 Å². The second-order valence-corrected chi connectivity index (χ2v) is 7.19. The summed E-state index contributed by atoms with van der Waals surface area (Å²) in [5.41, 5.74) is 0.493. The first-order chi connectivity index (χ1) is 10.8. The van der Waals surface area contributed by atoms with Gasteiger partial charge in [0.1, 0.15) is 5.60 Å². The molecule has 0 N–H and O–H groups in total. The van der Waals surface area contributed by atoms with E-state index >= 15 is 0 Å². The largest absolute Gasteiger partial charge is 0.444 e. The van der Waals surface area contributed by atoms with Crippen LogP contribution in [0.25, 0.3) is 0 Å². The molecule has 2 heterocycles. The van der Waals surface area contributed by atoms with Gasteiger partial charge in [0.2, 0.25) is 0 Å². The molecule has 0 spiro atoms. The van der Waals surface area contributed by atoms with Gasteiger partial charge in [-0.1, -0.05) is 0 Å². The number of piperidine rings is 1. The Balaban J connectivity index is 1.99. The summed E-state index contributed by atoms with van der Waals surface area (Å²) in [6, 6.07) is 0.459. The number of carbonyl (C=O) groups excluding carboxylic acids is 1. The first kappa shape index (κ1) is 17.7. The van der Waals surface area contributed by atoms with E-state index in [2.05, 4.69) is 28.8 Å². The fourth-order valence-electron chi connectivity index (χ4n) is 2.83. The Bertz CT molecular complexity index is 515. The number of carbonyl (C=O) groups is 1. The predicted octanol–water partition coefficient (Wildman–Crippen LogP) is 2.87. The maximum absolute atomic E-state index is 12.3. The van der Waals surface area contributed by atoms with Crippen LogP contribution < -0.4 is 0 Å². The van der Waals surface area contributed by atoms with Gasteiger partial charge in [-0.2, -0.15) is 0 Å². The van der Waals surface area contributed by atoms with Crippen molar-refractivity contribution in [2.45, 2.75) is 58.2 Å². The van der Waals surface area contributed by atoms with Gasteiger partial charge in [0.25, 0.3) is 0 Å². The van der Waals surface area contributed by atoms with Gasteiger partial charge in [0.05, 0.1) is 11.7 Å². The molecule has 1 aromatic heterocycles. The molecule has 0 aliphatic carbocycles. The van der Waals surface area contributed by atoms with Gasteiger partial charge in [-0.25, -0.2) is 4.79 Å². The normalized spacial score (nSPS) is 20.4. The summed E-state index contributed by atoms with van der Waals surface area (Å²) in [5, 5.41) is 0. The molecule has 2 rings (SSSR count). The lowest BCUT2D eigenvalue weighted by Crippen LogP contribution is -2.50. The topological polar surface area (TPSA) is 58.6 Å². The highest BCUT2D eigenvalue weighted by Crippen LogP contribution is 2.24. The van der Waals surface area contributed by atoms with Crippen LogP contribution in [0.1, 0.15) is 52.3 Å². The molecule has 0 radical (unpaired) electrons. The van der Waals surface area contributed by atoms with Crippen LogP contribution in [-0.2, 0) is 4.74 Å². The summed E-state index contributed by atoms with van der Waals surface area (Å²) in [6.07, 6.45) is 7.04. The van der Waals surface area contributed by atoms with Crippen LogP contribution in [0.4, 0.5) is 4.79 Å². The number of aromatic nitrogens is 2. The van der Waals surface area contributed by atoms with E-state index < -0.39 is 5.60 Å². The molecule has 1 amide bonds. The van der Waals surface area contributed by atoms with E-state index in [0.29, 0.717) is 12.6 Å². The highest BCUT2D eigenvalue weighted by Gasteiger charge is 2.31. The van der Waals surface area contributed by atoms with Crippen molar-refractivity contribution in [1.29, 1.82) is 0 Å². The minimum absolute atomic E-state index is 0.160. The number of nitrogens with zero attached hydrogens (tertiary/aromatic N) is 4. The molecule has 6 heteroatoms. The lowest BCUT2D eigenvalue weighted by molar-refractivity contribution is 0.00957. The summed E-state index contributed by atoms with van der Waals surface area (Å²) in [7, 11) is 2.09. The van der Waals surface area contributed by atoms with Gasteiger partial charge < -0.3 is 9.64 Å². The number of rotatable bonds is 3. The highest BCUT2D eigenvalue weighted by molar-refractivity contribution is 5.68. The Kier molecular flexibility index (Phi) is 5.57. The number of hydrogen-bond acceptors (Lipinski definition) is 5. The molecular weight excluding hydrogens is 292 g/mol. The van der Waals surface area contributed by atoms with E-state index in [0.717, 1.165) is 25.1 Å². The van der Waals surface area contributed by atoms with Crippen LogP contribution in [0.2, 0.25) is 0 Å². The fourth-order valence-corrected chi connectivity index (χ4v) is 2.83. The van der Waals surface area contributed by atoms with Crippen molar-refractivity contribution < 1.29 is 9.53 Å². The van der Waals surface area contributed by atoms with Crippen LogP contribution in [0, 0.1) is 0 Å². The molecule has 0 aromatic carbocycles. The molecule has 1 fully saturated rings. The average molecular weight is 320 g/mol. The molecule has 128 valence electrons. The maximum Gasteiger partial charge on any atom is 0.410 e. The number of likely N-dealkylation sites (N-methyl/N-ethyl adjacent to an activating group) is 1. The van der Waals surface area contributed by atoms with Gasteiger partial charge in [0, 0.05) is 37.7 Å². The Morgan fingerprint density at radius 1 is 1.43 bits per heavy atom. The van der Waals surface area contributed by atoms with E-state index in [1.165, 1.54) is 0 Å². The molecule has 1 saturated heterocycles. The number of ether oxygens (including phenoxy) is 1. The van der Waals surface area contributed by atoms with Crippen LogP contribution in [0.3, 0.4) is 0 Å². The Morgan fingerprint density at radius 3 is 2.78 bits per heavy atom. The van der Waals surface area contributed by atoms with E-state index in [9.17, 15) is 4.79 Å². The Morgan fingerprint density at radius 2 is 2.17 bits per heavy atom. The van der Waals surface area contributed by atoms with E-state index in [1.54, 1.807) is 18.6 Å². The summed E-state index contributed by atoms with van der Waals surface area (Å²) >= 11 is 0. The van der Waals surface area contributed by atoms with Crippen molar-refractivity contribution in [2.24, 2.45) is 0 Å². The van der Waals surface area contributed by atoms with Crippen molar-refractivity contribution in [2.75, 3.05) is 20.1 Å². The fraction of sp³-hybridized carbons (Fsp3) is 0.706. The molecule has 0 bridgehead atoms. The lowest BCUT2D eigenvalue weighted by Gasteiger charge is -2.40. The molecule has 1 aromatic rings. The number of amides is 1. The first-order valence-corrected chi connectivity index (χ1v) is 8.23. The van der Waals surface area contributed by atoms with Crippen molar-refractivity contribution >= 4 is 6.09 Å². The maximum atomic E-state index is 12.3. The molecule has 1 aliphatic heterocycles. The SMILES string of the molecule is CC(c1cnccn1)N(C)[C@H]1CCCN(C(=O)OC(C)(C)C)C1. The third-order valence-corrected chi connectivity index (χ3v) is 4.25. The second kappa shape index (κ2) is 7.25. The highest BCUT2D eigenvalue weighted by atomic mass is 16.6. The molecule has 2 atom stereocenters. The zero-order valence-corrected chi connectivity index (χ0v) is 14.8. The molecule has 6 nitrogen and oxygen atoms in total. The van der Waals surface area contributed by atoms with Crippen molar-refractivity contribution in [3.63, 3.8) is 0 Å². The first-order valence-electron chi connectivity index (χ1n) is 8.23. The molecule has 1 aliphatic rings. The van der Waals surface area contributed by atoms with Crippen LogP contribution in [-0.4, -0.2) is 57.6 Å².